The van der Waals surface area contributed by atoms with Crippen LogP contribution in [0.4, 0.5) is 5.13 Å². The highest BCUT2D eigenvalue weighted by Crippen LogP contribution is 2.28. The lowest BCUT2D eigenvalue weighted by molar-refractivity contribution is 0.0247. The standard InChI is InChI=1S/C17H20ClN5OS/c1-21(2)9-14-10-22(7-8-24-14)17-20-23-11-15(19-16(23)25-17)12-3-5-13(18)6-4-12/h3-6,11,14H,7-10H2,1-2H3. The van der Waals surface area contributed by atoms with Gasteiger partial charge in [0.15, 0.2) is 0 Å². The number of benzene rings is 1. The van der Waals surface area contributed by atoms with E-state index in [1.807, 2.05) is 35.0 Å². The summed E-state index contributed by atoms with van der Waals surface area (Å²) in [5.41, 5.74) is 1.95. The second-order valence-electron chi connectivity index (χ2n) is 6.45. The number of morpholine rings is 1. The van der Waals surface area contributed by atoms with Gasteiger partial charge in [-0.1, -0.05) is 35.1 Å². The molecule has 1 atom stereocenters. The van der Waals surface area contributed by atoms with Crippen molar-refractivity contribution < 1.29 is 4.74 Å². The highest BCUT2D eigenvalue weighted by Gasteiger charge is 2.24. The molecule has 0 N–H and O–H groups in total. The van der Waals surface area contributed by atoms with Gasteiger partial charge in [0.2, 0.25) is 10.1 Å². The molecule has 0 spiro atoms. The summed E-state index contributed by atoms with van der Waals surface area (Å²) in [5.74, 6) is 0. The fraction of sp³-hybridized carbons (Fsp3) is 0.412. The molecule has 1 aromatic carbocycles. The first-order chi connectivity index (χ1) is 12.1. The normalized spacial score (nSPS) is 18.4. The Bertz CT molecular complexity index is 828. The molecule has 1 saturated heterocycles. The maximum Gasteiger partial charge on any atom is 0.214 e. The molecule has 8 heteroatoms. The molecule has 3 heterocycles. The Labute approximate surface area is 155 Å². The van der Waals surface area contributed by atoms with Gasteiger partial charge in [0.05, 0.1) is 24.6 Å². The minimum atomic E-state index is 0.213. The number of hydrogen-bond acceptors (Lipinski definition) is 6. The molecule has 4 rings (SSSR count). The second kappa shape index (κ2) is 6.92. The number of ether oxygens (including phenoxy) is 1. The summed E-state index contributed by atoms with van der Waals surface area (Å²) in [4.78, 5) is 10.0. The van der Waals surface area contributed by atoms with Crippen molar-refractivity contribution in [2.24, 2.45) is 0 Å². The van der Waals surface area contributed by atoms with Gasteiger partial charge in [-0.3, -0.25) is 0 Å². The van der Waals surface area contributed by atoms with Gasteiger partial charge < -0.3 is 14.5 Å². The Morgan fingerprint density at radius 1 is 1.32 bits per heavy atom. The summed E-state index contributed by atoms with van der Waals surface area (Å²) in [6.07, 6.45) is 2.18. The minimum Gasteiger partial charge on any atom is -0.373 e. The number of aromatic nitrogens is 3. The molecule has 0 radical (unpaired) electrons. The van der Waals surface area contributed by atoms with Crippen LogP contribution in [-0.4, -0.2) is 65.9 Å². The molecule has 132 valence electrons. The van der Waals surface area contributed by atoms with E-state index >= 15 is 0 Å². The fourth-order valence-electron chi connectivity index (χ4n) is 2.99. The molecule has 2 aromatic heterocycles. The van der Waals surface area contributed by atoms with Crippen molar-refractivity contribution in [1.29, 1.82) is 0 Å². The van der Waals surface area contributed by atoms with Crippen molar-refractivity contribution >= 4 is 33.0 Å². The molecule has 3 aromatic rings. The molecule has 0 aliphatic carbocycles. The van der Waals surface area contributed by atoms with E-state index in [1.165, 1.54) is 0 Å². The fourth-order valence-corrected chi connectivity index (χ4v) is 4.03. The zero-order valence-electron chi connectivity index (χ0n) is 14.2. The predicted molar refractivity (Wildman–Crippen MR) is 102 cm³/mol. The highest BCUT2D eigenvalue weighted by atomic mass is 35.5. The summed E-state index contributed by atoms with van der Waals surface area (Å²) in [7, 11) is 4.14. The number of imidazole rings is 1. The molecule has 0 amide bonds. The third kappa shape index (κ3) is 3.64. The second-order valence-corrected chi connectivity index (χ2v) is 7.82. The maximum atomic E-state index is 5.95. The molecule has 25 heavy (non-hydrogen) atoms. The average Bonchev–Trinajstić information content (AvgIpc) is 3.14. The van der Waals surface area contributed by atoms with Crippen LogP contribution in [0, 0.1) is 0 Å². The summed E-state index contributed by atoms with van der Waals surface area (Å²) >= 11 is 7.57. The van der Waals surface area contributed by atoms with Crippen LogP contribution in [-0.2, 0) is 4.74 Å². The van der Waals surface area contributed by atoms with Crippen LogP contribution in [0.3, 0.4) is 0 Å². The van der Waals surface area contributed by atoms with E-state index in [0.717, 1.165) is 52.6 Å². The third-order valence-electron chi connectivity index (χ3n) is 4.15. The number of rotatable bonds is 4. The number of nitrogens with zero attached hydrogens (tertiary/aromatic N) is 5. The molecular weight excluding hydrogens is 358 g/mol. The smallest absolute Gasteiger partial charge is 0.214 e. The first-order valence-corrected chi connectivity index (χ1v) is 9.41. The van der Waals surface area contributed by atoms with E-state index < -0.39 is 0 Å². The lowest BCUT2D eigenvalue weighted by Gasteiger charge is -2.33. The number of fused-ring (bicyclic) bond motifs is 1. The van der Waals surface area contributed by atoms with Gasteiger partial charge >= 0.3 is 0 Å². The topological polar surface area (TPSA) is 45.9 Å². The molecule has 1 aliphatic heterocycles. The summed E-state index contributed by atoms with van der Waals surface area (Å²) in [6.45, 7) is 3.37. The lowest BCUT2D eigenvalue weighted by atomic mass is 10.2. The Hall–Kier alpha value is -1.67. The van der Waals surface area contributed by atoms with Crippen LogP contribution in [0.25, 0.3) is 16.2 Å². The van der Waals surface area contributed by atoms with Crippen molar-refractivity contribution in [3.8, 4) is 11.3 Å². The Kier molecular flexibility index (Phi) is 4.64. The van der Waals surface area contributed by atoms with Crippen LogP contribution in [0.5, 0.6) is 0 Å². The maximum absolute atomic E-state index is 5.95. The van der Waals surface area contributed by atoms with E-state index in [-0.39, 0.29) is 6.10 Å². The van der Waals surface area contributed by atoms with Crippen molar-refractivity contribution in [3.63, 3.8) is 0 Å². The largest absolute Gasteiger partial charge is 0.373 e. The number of hydrogen-bond donors (Lipinski definition) is 0. The van der Waals surface area contributed by atoms with Gasteiger partial charge in [-0.15, -0.1) is 5.10 Å². The summed E-state index contributed by atoms with van der Waals surface area (Å²) < 4.78 is 7.70. The quantitative estimate of drug-likeness (QED) is 0.699. The predicted octanol–water partition coefficient (Wildman–Crippen LogP) is 2.88. The molecule has 1 aliphatic rings. The molecule has 0 bridgehead atoms. The molecule has 0 saturated carbocycles. The van der Waals surface area contributed by atoms with Crippen LogP contribution >= 0.6 is 22.9 Å². The van der Waals surface area contributed by atoms with E-state index in [9.17, 15) is 0 Å². The average molecular weight is 378 g/mol. The van der Waals surface area contributed by atoms with Crippen LogP contribution in [0.2, 0.25) is 5.02 Å². The molecule has 1 unspecified atom stereocenters. The first-order valence-electron chi connectivity index (χ1n) is 8.22. The zero-order valence-corrected chi connectivity index (χ0v) is 15.8. The molecule has 1 fully saturated rings. The third-order valence-corrected chi connectivity index (χ3v) is 5.39. The van der Waals surface area contributed by atoms with Crippen molar-refractivity contribution in [2.75, 3.05) is 45.2 Å². The van der Waals surface area contributed by atoms with Crippen LogP contribution < -0.4 is 4.90 Å². The monoisotopic (exact) mass is 377 g/mol. The number of likely N-dealkylation sites (N-methyl/N-ethyl adjacent to an activating group) is 1. The van der Waals surface area contributed by atoms with Crippen molar-refractivity contribution in [1.82, 2.24) is 19.5 Å². The van der Waals surface area contributed by atoms with Gasteiger partial charge in [-0.05, 0) is 26.2 Å². The van der Waals surface area contributed by atoms with E-state index in [4.69, 9.17) is 26.4 Å². The molecule has 6 nitrogen and oxygen atoms in total. The molecular formula is C17H20ClN5OS. The highest BCUT2D eigenvalue weighted by molar-refractivity contribution is 7.20. The number of anilines is 1. The van der Waals surface area contributed by atoms with Gasteiger partial charge in [0.25, 0.3) is 0 Å². The van der Waals surface area contributed by atoms with Crippen molar-refractivity contribution in [3.05, 3.63) is 35.5 Å². The number of halogens is 1. The van der Waals surface area contributed by atoms with E-state index in [2.05, 4.69) is 23.9 Å². The van der Waals surface area contributed by atoms with Gasteiger partial charge in [0.1, 0.15) is 0 Å². The summed E-state index contributed by atoms with van der Waals surface area (Å²) in [6, 6.07) is 7.70. The van der Waals surface area contributed by atoms with Gasteiger partial charge in [-0.25, -0.2) is 9.50 Å². The van der Waals surface area contributed by atoms with Crippen LogP contribution in [0.1, 0.15) is 0 Å². The Balaban J connectivity index is 1.54. The summed E-state index contributed by atoms with van der Waals surface area (Å²) in [5, 5.41) is 6.44. The Morgan fingerprint density at radius 2 is 2.12 bits per heavy atom. The van der Waals surface area contributed by atoms with E-state index in [0.29, 0.717) is 0 Å². The van der Waals surface area contributed by atoms with Gasteiger partial charge in [-0.2, -0.15) is 0 Å². The SMILES string of the molecule is CN(C)CC1CN(c2nn3cc(-c4ccc(Cl)cc4)nc3s2)CCO1. The van der Waals surface area contributed by atoms with Crippen molar-refractivity contribution in [2.45, 2.75) is 6.10 Å². The van der Waals surface area contributed by atoms with E-state index in [1.54, 1.807) is 11.3 Å². The Morgan fingerprint density at radius 3 is 2.84 bits per heavy atom. The lowest BCUT2D eigenvalue weighted by Crippen LogP contribution is -2.46. The zero-order chi connectivity index (χ0) is 17.4. The first kappa shape index (κ1) is 16.8. The minimum absolute atomic E-state index is 0.213. The van der Waals surface area contributed by atoms with Crippen LogP contribution in [0.15, 0.2) is 30.5 Å². The van der Waals surface area contributed by atoms with Gasteiger partial charge in [0, 0.05) is 30.2 Å².